The Balaban J connectivity index is 1.66. The van der Waals surface area contributed by atoms with Crippen LogP contribution in [0.3, 0.4) is 0 Å². The molecule has 2 rings (SSSR count). The van der Waals surface area contributed by atoms with E-state index in [1.54, 1.807) is 6.08 Å². The summed E-state index contributed by atoms with van der Waals surface area (Å²) in [6.45, 7) is 0.844. The second-order valence-electron chi connectivity index (χ2n) is 8.08. The number of unbranched alkanes of at least 4 members (excludes halogenated alkanes) is 6. The Morgan fingerprint density at radius 2 is 1.63 bits per heavy atom. The van der Waals surface area contributed by atoms with Crippen LogP contribution in [0.1, 0.15) is 64.7 Å². The predicted molar refractivity (Wildman–Crippen MR) is 104 cm³/mol. The average molecular weight is 440 g/mol. The van der Waals surface area contributed by atoms with Crippen molar-refractivity contribution >= 4 is 0 Å². The summed E-state index contributed by atoms with van der Waals surface area (Å²) >= 11 is 0. The van der Waals surface area contributed by atoms with Gasteiger partial charge in [-0.2, -0.15) is 17.6 Å². The molecule has 0 radical (unpaired) electrons. The van der Waals surface area contributed by atoms with Gasteiger partial charge in [-0.1, -0.05) is 70.1 Å². The molecule has 2 aliphatic rings. The van der Waals surface area contributed by atoms with Gasteiger partial charge in [-0.15, -0.1) is 0 Å². The van der Waals surface area contributed by atoms with Crippen molar-refractivity contribution in [3.8, 4) is 0 Å². The molecule has 3 nitrogen and oxygen atoms in total. The molecule has 0 aromatic rings. The molecule has 1 aliphatic carbocycles. The predicted octanol–water partition coefficient (Wildman–Crippen LogP) is 6.59. The molecular formula is C22H33F5O3. The fraction of sp³-hybridized carbons (Fsp3) is 0.818. The molecule has 0 bridgehead atoms. The summed E-state index contributed by atoms with van der Waals surface area (Å²) in [7, 11) is 0. The van der Waals surface area contributed by atoms with Crippen molar-refractivity contribution in [1.29, 1.82) is 0 Å². The maximum Gasteiger partial charge on any atom is 0.422 e. The molecule has 1 heterocycles. The molecule has 1 unspecified atom stereocenters. The first-order chi connectivity index (χ1) is 14.3. The number of hydrogen-bond donors (Lipinski definition) is 0. The third kappa shape index (κ3) is 7.61. The molecule has 0 amide bonds. The summed E-state index contributed by atoms with van der Waals surface area (Å²) in [6.07, 6.45) is 7.30. The highest BCUT2D eigenvalue weighted by atomic mass is 19.3. The summed E-state index contributed by atoms with van der Waals surface area (Å²) in [6, 6.07) is 0. The van der Waals surface area contributed by atoms with Gasteiger partial charge < -0.3 is 14.2 Å². The van der Waals surface area contributed by atoms with Crippen LogP contribution in [0.25, 0.3) is 0 Å². The van der Waals surface area contributed by atoms with Crippen LogP contribution in [0.2, 0.25) is 0 Å². The molecular weight excluding hydrogens is 407 g/mol. The van der Waals surface area contributed by atoms with Crippen LogP contribution in [0.5, 0.6) is 0 Å². The van der Waals surface area contributed by atoms with Gasteiger partial charge in [0.25, 0.3) is 0 Å². The molecule has 0 aromatic carbocycles. The third-order valence-corrected chi connectivity index (χ3v) is 5.44. The highest BCUT2D eigenvalue weighted by Crippen LogP contribution is 2.38. The highest BCUT2D eigenvalue weighted by molar-refractivity contribution is 5.27. The van der Waals surface area contributed by atoms with Crippen LogP contribution in [0.4, 0.5) is 22.0 Å². The first kappa shape index (κ1) is 25.3. The Morgan fingerprint density at radius 3 is 2.20 bits per heavy atom. The van der Waals surface area contributed by atoms with Crippen molar-refractivity contribution in [2.45, 2.75) is 89.1 Å². The summed E-state index contributed by atoms with van der Waals surface area (Å²) < 4.78 is 80.4. The zero-order chi connectivity index (χ0) is 22.0. The standard InChI is InChI=1S/C22H33F5O3/c1-2-3-4-5-6-7-8-9-17-14-28-20(29-15-17)18-10-12-19(13-11-18)30-22(26,27)21(24,25)16-23/h10-12,17,19-20H,2-9,13-16H2,1H3. The summed E-state index contributed by atoms with van der Waals surface area (Å²) in [5.41, 5.74) is 0.643. The zero-order valence-corrected chi connectivity index (χ0v) is 17.6. The fourth-order valence-electron chi connectivity index (χ4n) is 3.53. The molecule has 0 saturated carbocycles. The number of rotatable bonds is 13. The zero-order valence-electron chi connectivity index (χ0n) is 17.6. The Labute approximate surface area is 175 Å². The largest absolute Gasteiger partial charge is 0.422 e. The summed E-state index contributed by atoms with van der Waals surface area (Å²) in [5, 5.41) is 0. The van der Waals surface area contributed by atoms with Gasteiger partial charge >= 0.3 is 12.0 Å². The van der Waals surface area contributed by atoms with Gasteiger partial charge in [0.05, 0.1) is 19.3 Å². The van der Waals surface area contributed by atoms with Crippen molar-refractivity contribution < 1.29 is 36.2 Å². The average Bonchev–Trinajstić information content (AvgIpc) is 2.74. The lowest BCUT2D eigenvalue weighted by molar-refractivity contribution is -0.358. The number of alkyl halides is 5. The molecule has 1 fully saturated rings. The highest BCUT2D eigenvalue weighted by Gasteiger charge is 2.59. The minimum absolute atomic E-state index is 0.0472. The van der Waals surface area contributed by atoms with Crippen LogP contribution >= 0.6 is 0 Å². The fourth-order valence-corrected chi connectivity index (χ4v) is 3.53. The van der Waals surface area contributed by atoms with Crippen LogP contribution in [0, 0.1) is 5.92 Å². The third-order valence-electron chi connectivity index (χ3n) is 5.44. The Morgan fingerprint density at radius 1 is 1.00 bits per heavy atom. The van der Waals surface area contributed by atoms with Crippen LogP contribution in [-0.2, 0) is 14.2 Å². The van der Waals surface area contributed by atoms with Crippen molar-refractivity contribution in [1.82, 2.24) is 0 Å². The Hall–Kier alpha value is -0.990. The molecule has 1 saturated heterocycles. The Kier molecular flexibility index (Phi) is 10.2. The maximum atomic E-state index is 13.4. The quantitative estimate of drug-likeness (QED) is 0.239. The van der Waals surface area contributed by atoms with E-state index in [-0.39, 0.29) is 6.42 Å². The van der Waals surface area contributed by atoms with E-state index in [0.29, 0.717) is 24.7 Å². The smallest absolute Gasteiger partial charge is 0.348 e. The lowest BCUT2D eigenvalue weighted by atomic mass is 10.00. The topological polar surface area (TPSA) is 27.7 Å². The van der Waals surface area contributed by atoms with Gasteiger partial charge in [0.15, 0.2) is 13.0 Å². The maximum absolute atomic E-state index is 13.4. The van der Waals surface area contributed by atoms with Crippen LogP contribution < -0.4 is 0 Å². The van der Waals surface area contributed by atoms with Gasteiger partial charge in [-0.05, 0) is 12.8 Å². The minimum Gasteiger partial charge on any atom is -0.348 e. The number of hydrogen-bond acceptors (Lipinski definition) is 3. The van der Waals surface area contributed by atoms with E-state index in [9.17, 15) is 22.0 Å². The monoisotopic (exact) mass is 440 g/mol. The van der Waals surface area contributed by atoms with E-state index in [0.717, 1.165) is 12.8 Å². The van der Waals surface area contributed by atoms with Gasteiger partial charge in [-0.25, -0.2) is 4.39 Å². The van der Waals surface area contributed by atoms with E-state index in [2.05, 4.69) is 11.7 Å². The molecule has 0 spiro atoms. The normalized spacial score (nSPS) is 25.4. The number of halogens is 5. The van der Waals surface area contributed by atoms with E-state index in [1.165, 1.54) is 50.7 Å². The van der Waals surface area contributed by atoms with Crippen molar-refractivity contribution in [3.63, 3.8) is 0 Å². The SMILES string of the molecule is CCCCCCCCCC1COC(C2=CCC(OC(F)(F)C(F)(F)CF)C=C2)OC1. The Bertz CT molecular complexity index is 557. The second-order valence-corrected chi connectivity index (χ2v) is 8.08. The molecule has 0 aromatic heterocycles. The van der Waals surface area contributed by atoms with Crippen LogP contribution in [-0.4, -0.2) is 44.3 Å². The van der Waals surface area contributed by atoms with Gasteiger partial charge in [-0.3, -0.25) is 0 Å². The second kappa shape index (κ2) is 12.2. The van der Waals surface area contributed by atoms with Crippen molar-refractivity contribution in [2.24, 2.45) is 5.92 Å². The van der Waals surface area contributed by atoms with Crippen LogP contribution in [0.15, 0.2) is 23.8 Å². The number of ether oxygens (including phenoxy) is 3. The molecule has 174 valence electrons. The first-order valence-electron chi connectivity index (χ1n) is 10.9. The van der Waals surface area contributed by atoms with E-state index in [4.69, 9.17) is 9.47 Å². The lowest BCUT2D eigenvalue weighted by Crippen LogP contribution is -2.46. The van der Waals surface area contributed by atoms with Gasteiger partial charge in [0.2, 0.25) is 0 Å². The molecule has 0 N–H and O–H groups in total. The van der Waals surface area contributed by atoms with Gasteiger partial charge in [0.1, 0.15) is 0 Å². The van der Waals surface area contributed by atoms with E-state index < -0.39 is 31.1 Å². The first-order valence-corrected chi connectivity index (χ1v) is 10.9. The van der Waals surface area contributed by atoms with Crippen molar-refractivity contribution in [3.05, 3.63) is 23.8 Å². The van der Waals surface area contributed by atoms with E-state index >= 15 is 0 Å². The molecule has 1 atom stereocenters. The lowest BCUT2D eigenvalue weighted by Gasteiger charge is -2.32. The van der Waals surface area contributed by atoms with Crippen molar-refractivity contribution in [2.75, 3.05) is 19.9 Å². The molecule has 1 aliphatic heterocycles. The molecule has 8 heteroatoms. The van der Waals surface area contributed by atoms with E-state index in [1.807, 2.05) is 0 Å². The minimum atomic E-state index is -4.87. The van der Waals surface area contributed by atoms with Gasteiger partial charge in [0, 0.05) is 11.5 Å². The summed E-state index contributed by atoms with van der Waals surface area (Å²) in [4.78, 5) is 0. The molecule has 30 heavy (non-hydrogen) atoms. The summed E-state index contributed by atoms with van der Waals surface area (Å²) in [5.74, 6) is -4.52.